The van der Waals surface area contributed by atoms with Crippen LogP contribution in [0.25, 0.3) is 16.8 Å². The van der Waals surface area contributed by atoms with Crippen molar-refractivity contribution in [3.05, 3.63) is 71.3 Å². The molecule has 160 valence electrons. The highest BCUT2D eigenvalue weighted by Crippen LogP contribution is 2.52. The summed E-state index contributed by atoms with van der Waals surface area (Å²) in [5.74, 6) is 0.584. The van der Waals surface area contributed by atoms with Gasteiger partial charge in [-0.15, -0.1) is 0 Å². The number of benzene rings is 3. The second-order valence-corrected chi connectivity index (χ2v) is 8.65. The monoisotopic (exact) mass is 418 g/mol. The first kappa shape index (κ1) is 20.8. The Morgan fingerprint density at radius 1 is 1.00 bits per heavy atom. The summed E-state index contributed by atoms with van der Waals surface area (Å²) in [6.45, 7) is 6.32. The Morgan fingerprint density at radius 3 is 2.23 bits per heavy atom. The molecule has 1 heterocycles. The highest BCUT2D eigenvalue weighted by Gasteiger charge is 2.47. The molecule has 1 N–H and O–H groups in total. The van der Waals surface area contributed by atoms with Gasteiger partial charge in [0.2, 0.25) is 0 Å². The van der Waals surface area contributed by atoms with Gasteiger partial charge in [0, 0.05) is 27.3 Å². The van der Waals surface area contributed by atoms with Gasteiger partial charge in [-0.2, -0.15) is 0 Å². The number of hydrogen-bond acceptors (Lipinski definition) is 5. The maximum Gasteiger partial charge on any atom is 0.342 e. The van der Waals surface area contributed by atoms with Crippen LogP contribution in [-0.2, 0) is 10.3 Å². The molecule has 0 spiro atoms. The highest BCUT2D eigenvalue weighted by molar-refractivity contribution is 6.08. The van der Waals surface area contributed by atoms with Gasteiger partial charge in [0.1, 0.15) is 22.8 Å². The van der Waals surface area contributed by atoms with Crippen LogP contribution in [0.4, 0.5) is 0 Å². The lowest BCUT2D eigenvalue weighted by molar-refractivity contribution is 0.00610. The molecule has 1 unspecified atom stereocenters. The first-order valence-corrected chi connectivity index (χ1v) is 10.1. The number of carbonyl (C=O) groups is 1. The normalized spacial score (nSPS) is 17.7. The van der Waals surface area contributed by atoms with E-state index in [0.717, 1.165) is 16.7 Å². The van der Waals surface area contributed by atoms with Crippen LogP contribution in [0.15, 0.2) is 54.6 Å². The number of rotatable bonds is 3. The van der Waals surface area contributed by atoms with E-state index >= 15 is 0 Å². The smallest absolute Gasteiger partial charge is 0.342 e. The average molecular weight is 418 g/mol. The topological polar surface area (TPSA) is 65.0 Å². The summed E-state index contributed by atoms with van der Waals surface area (Å²) in [5, 5.41) is 12.1. The maximum absolute atomic E-state index is 12.6. The van der Waals surface area contributed by atoms with E-state index in [4.69, 9.17) is 14.2 Å². The number of carbonyl (C=O) groups excluding carboxylic acids is 1. The highest BCUT2D eigenvalue weighted by atomic mass is 16.5. The minimum Gasteiger partial charge on any atom is -0.506 e. The number of aromatic hydroxyl groups is 1. The van der Waals surface area contributed by atoms with Crippen molar-refractivity contribution in [3.8, 4) is 17.2 Å². The Balaban J connectivity index is 2.02. The minimum absolute atomic E-state index is 0.102. The number of phenolic OH excluding ortho intramolecular Hbond substituents is 1. The molecule has 1 atom stereocenters. The van der Waals surface area contributed by atoms with E-state index in [1.807, 2.05) is 54.6 Å². The number of methoxy groups -OCH3 is 2. The van der Waals surface area contributed by atoms with Crippen molar-refractivity contribution in [2.75, 3.05) is 14.2 Å². The third-order valence-electron chi connectivity index (χ3n) is 5.95. The van der Waals surface area contributed by atoms with Crippen LogP contribution in [-0.4, -0.2) is 25.3 Å². The van der Waals surface area contributed by atoms with E-state index in [1.165, 1.54) is 7.11 Å². The molecule has 0 saturated carbocycles. The van der Waals surface area contributed by atoms with Gasteiger partial charge < -0.3 is 19.3 Å². The van der Waals surface area contributed by atoms with Crippen LogP contribution in [0.2, 0.25) is 0 Å². The van der Waals surface area contributed by atoms with E-state index in [-0.39, 0.29) is 16.7 Å². The molecule has 0 radical (unpaired) electrons. The largest absolute Gasteiger partial charge is 0.506 e. The molecule has 1 aliphatic rings. The molecule has 0 fully saturated rings. The van der Waals surface area contributed by atoms with Crippen molar-refractivity contribution >= 4 is 22.8 Å². The summed E-state index contributed by atoms with van der Waals surface area (Å²) < 4.78 is 17.1. The van der Waals surface area contributed by atoms with Gasteiger partial charge in [0.05, 0.1) is 14.2 Å². The van der Waals surface area contributed by atoms with Crippen molar-refractivity contribution in [1.29, 1.82) is 0 Å². The Hall–Kier alpha value is -3.47. The van der Waals surface area contributed by atoms with E-state index < -0.39 is 11.6 Å². The van der Waals surface area contributed by atoms with Crippen LogP contribution in [0.5, 0.6) is 17.2 Å². The first-order chi connectivity index (χ1) is 14.7. The van der Waals surface area contributed by atoms with Gasteiger partial charge in [-0.1, -0.05) is 57.2 Å². The standard InChI is InChI=1S/C26H26O5/c1-25(2,3)26(16-10-12-17(29-4)13-11-16)15-14-20-21(24(28)30-5)22(27)18-8-6-7-9-19(18)23(20)31-26/h6-15,27H,1-5H3. The number of esters is 1. The molecule has 0 saturated heterocycles. The average Bonchev–Trinajstić information content (AvgIpc) is 2.78. The summed E-state index contributed by atoms with van der Waals surface area (Å²) in [6.07, 6.45) is 3.81. The SMILES string of the molecule is COC(=O)c1c2c(c3ccccc3c1O)OC(c1ccc(OC)cc1)(C(C)(C)C)C=C2. The number of phenols is 1. The summed E-state index contributed by atoms with van der Waals surface area (Å²) in [5.41, 5.74) is 0.431. The number of fused-ring (bicyclic) bond motifs is 3. The lowest BCUT2D eigenvalue weighted by Gasteiger charge is -2.45. The third-order valence-corrected chi connectivity index (χ3v) is 5.95. The molecule has 3 aromatic carbocycles. The molecular formula is C26H26O5. The molecule has 4 rings (SSSR count). The molecule has 31 heavy (non-hydrogen) atoms. The fourth-order valence-electron chi connectivity index (χ4n) is 4.21. The van der Waals surface area contributed by atoms with Crippen LogP contribution in [0.3, 0.4) is 0 Å². The fourth-order valence-corrected chi connectivity index (χ4v) is 4.21. The molecule has 0 amide bonds. The van der Waals surface area contributed by atoms with Crippen LogP contribution < -0.4 is 9.47 Å². The molecule has 0 aliphatic carbocycles. The van der Waals surface area contributed by atoms with E-state index in [2.05, 4.69) is 20.8 Å². The van der Waals surface area contributed by atoms with Crippen LogP contribution >= 0.6 is 0 Å². The molecule has 5 nitrogen and oxygen atoms in total. The molecule has 5 heteroatoms. The molecule has 0 aromatic heterocycles. The Labute approximate surface area is 181 Å². The third kappa shape index (κ3) is 3.12. The zero-order valence-corrected chi connectivity index (χ0v) is 18.4. The predicted octanol–water partition coefficient (Wildman–Crippen LogP) is 5.69. The van der Waals surface area contributed by atoms with Crippen molar-refractivity contribution in [1.82, 2.24) is 0 Å². The molecule has 3 aromatic rings. The van der Waals surface area contributed by atoms with Crippen molar-refractivity contribution in [2.24, 2.45) is 5.41 Å². The van der Waals surface area contributed by atoms with Crippen LogP contribution in [0, 0.1) is 5.41 Å². The van der Waals surface area contributed by atoms with E-state index in [0.29, 0.717) is 16.7 Å². The maximum atomic E-state index is 12.6. The lowest BCUT2D eigenvalue weighted by atomic mass is 9.70. The van der Waals surface area contributed by atoms with Crippen molar-refractivity contribution in [3.63, 3.8) is 0 Å². The zero-order chi connectivity index (χ0) is 22.4. The Kier molecular flexibility index (Phi) is 4.92. The van der Waals surface area contributed by atoms with Gasteiger partial charge in [0.25, 0.3) is 0 Å². The summed E-state index contributed by atoms with van der Waals surface area (Å²) in [4.78, 5) is 12.6. The van der Waals surface area contributed by atoms with E-state index in [9.17, 15) is 9.90 Å². The van der Waals surface area contributed by atoms with Gasteiger partial charge in [0.15, 0.2) is 5.60 Å². The number of hydrogen-bond donors (Lipinski definition) is 1. The molecule has 0 bridgehead atoms. The van der Waals surface area contributed by atoms with Gasteiger partial charge in [-0.3, -0.25) is 0 Å². The summed E-state index contributed by atoms with van der Waals surface area (Å²) in [7, 11) is 2.93. The first-order valence-electron chi connectivity index (χ1n) is 10.1. The second-order valence-electron chi connectivity index (χ2n) is 8.65. The Morgan fingerprint density at radius 2 is 1.65 bits per heavy atom. The summed E-state index contributed by atoms with van der Waals surface area (Å²) >= 11 is 0. The lowest BCUT2D eigenvalue weighted by Crippen LogP contribution is -2.45. The molecular weight excluding hydrogens is 392 g/mol. The fraction of sp³-hybridized carbons (Fsp3) is 0.269. The van der Waals surface area contributed by atoms with Crippen molar-refractivity contribution < 1.29 is 24.1 Å². The second kappa shape index (κ2) is 7.34. The van der Waals surface area contributed by atoms with Gasteiger partial charge in [-0.05, 0) is 24.3 Å². The molecule has 1 aliphatic heterocycles. The van der Waals surface area contributed by atoms with Crippen LogP contribution in [0.1, 0.15) is 42.3 Å². The quantitative estimate of drug-likeness (QED) is 0.554. The zero-order valence-electron chi connectivity index (χ0n) is 18.4. The Bertz CT molecular complexity index is 1190. The summed E-state index contributed by atoms with van der Waals surface area (Å²) in [6, 6.07) is 15.1. The number of ether oxygens (including phenoxy) is 3. The predicted molar refractivity (Wildman–Crippen MR) is 121 cm³/mol. The van der Waals surface area contributed by atoms with Gasteiger partial charge >= 0.3 is 5.97 Å². The van der Waals surface area contributed by atoms with Gasteiger partial charge in [-0.25, -0.2) is 4.79 Å². The van der Waals surface area contributed by atoms with Crippen molar-refractivity contribution in [2.45, 2.75) is 26.4 Å². The van der Waals surface area contributed by atoms with E-state index in [1.54, 1.807) is 13.2 Å². The minimum atomic E-state index is -0.806.